The molecule has 2 saturated carbocycles. The highest BCUT2D eigenvalue weighted by molar-refractivity contribution is 7.15. The van der Waals surface area contributed by atoms with E-state index in [1.54, 1.807) is 11.3 Å². The Hall–Kier alpha value is -2.25. The van der Waals surface area contributed by atoms with Crippen LogP contribution in [0.1, 0.15) is 68.0 Å². The van der Waals surface area contributed by atoms with Crippen LogP contribution in [0.3, 0.4) is 0 Å². The predicted octanol–water partition coefficient (Wildman–Crippen LogP) is 5.33. The topological polar surface area (TPSA) is 75.9 Å². The van der Waals surface area contributed by atoms with Crippen LogP contribution in [0.4, 0.5) is 11.6 Å². The fraction of sp³-hybridized carbons (Fsp3) is 0.500. The fourth-order valence-electron chi connectivity index (χ4n) is 4.33. The molecule has 0 bridgehead atoms. The highest BCUT2D eigenvalue weighted by Crippen LogP contribution is 2.44. The Morgan fingerprint density at radius 3 is 2.69 bits per heavy atom. The summed E-state index contributed by atoms with van der Waals surface area (Å²) >= 11 is 1.59. The van der Waals surface area contributed by atoms with Crippen LogP contribution >= 0.6 is 11.3 Å². The number of aliphatic hydroxyl groups is 1. The number of rotatable bonds is 5. The quantitative estimate of drug-likeness (QED) is 0.596. The molecule has 0 radical (unpaired) electrons. The lowest BCUT2D eigenvalue weighted by molar-refractivity contribution is -0.0389. The van der Waals surface area contributed by atoms with Gasteiger partial charge in [-0.25, -0.2) is 14.6 Å². The second-order valence-electron chi connectivity index (χ2n) is 8.47. The van der Waals surface area contributed by atoms with Crippen LogP contribution in [0.2, 0.25) is 0 Å². The molecule has 0 atom stereocenters. The van der Waals surface area contributed by atoms with Crippen molar-refractivity contribution in [2.75, 3.05) is 5.32 Å². The van der Waals surface area contributed by atoms with Gasteiger partial charge in [0.15, 0.2) is 0 Å². The van der Waals surface area contributed by atoms with Crippen molar-refractivity contribution in [3.8, 4) is 10.4 Å². The van der Waals surface area contributed by atoms with Gasteiger partial charge in [0.25, 0.3) is 0 Å². The van der Waals surface area contributed by atoms with Gasteiger partial charge >= 0.3 is 0 Å². The first kappa shape index (κ1) is 18.8. The van der Waals surface area contributed by atoms with Crippen LogP contribution in [-0.2, 0) is 5.60 Å². The van der Waals surface area contributed by atoms with Crippen LogP contribution in [0, 0.1) is 6.92 Å². The van der Waals surface area contributed by atoms with Gasteiger partial charge in [-0.15, -0.1) is 16.4 Å². The maximum absolute atomic E-state index is 10.6. The SMILES string of the molecule is Cc1cc(Nc2ncn(C3CCCCC3)n2)cc(-c2cnc(C3(O)CCC3)s2)c1. The standard InChI is InChI=1S/C22H27N5OS/c1-15-10-16(19-13-23-20(29-19)22(28)8-5-9-22)12-17(11-15)25-21-24-14-27(26-21)18-6-3-2-4-7-18/h10-14,18,28H,2-9H2,1H3,(H,25,26). The maximum Gasteiger partial charge on any atom is 0.246 e. The van der Waals surface area contributed by atoms with Crippen LogP contribution in [0.5, 0.6) is 0 Å². The first-order chi connectivity index (χ1) is 14.1. The Balaban J connectivity index is 1.35. The van der Waals surface area contributed by atoms with Gasteiger partial charge in [0, 0.05) is 11.9 Å². The van der Waals surface area contributed by atoms with E-state index in [0.29, 0.717) is 12.0 Å². The third kappa shape index (κ3) is 3.81. The van der Waals surface area contributed by atoms with Crippen molar-refractivity contribution in [2.45, 2.75) is 69.9 Å². The first-order valence-electron chi connectivity index (χ1n) is 10.6. The van der Waals surface area contributed by atoms with E-state index in [0.717, 1.165) is 46.0 Å². The van der Waals surface area contributed by atoms with Crippen LogP contribution in [0.15, 0.2) is 30.7 Å². The molecule has 5 rings (SSSR count). The summed E-state index contributed by atoms with van der Waals surface area (Å²) in [6, 6.07) is 6.84. The average Bonchev–Trinajstić information content (AvgIpc) is 3.36. The number of hydrogen-bond donors (Lipinski definition) is 2. The Morgan fingerprint density at radius 1 is 1.10 bits per heavy atom. The summed E-state index contributed by atoms with van der Waals surface area (Å²) in [4.78, 5) is 10.1. The summed E-state index contributed by atoms with van der Waals surface area (Å²) in [5.41, 5.74) is 2.53. The first-order valence-corrected chi connectivity index (χ1v) is 11.4. The lowest BCUT2D eigenvalue weighted by atomic mass is 9.81. The number of nitrogens with zero attached hydrogens (tertiary/aromatic N) is 4. The Morgan fingerprint density at radius 2 is 1.93 bits per heavy atom. The number of anilines is 2. The predicted molar refractivity (Wildman–Crippen MR) is 115 cm³/mol. The van der Waals surface area contributed by atoms with Crippen LogP contribution in [-0.4, -0.2) is 24.9 Å². The van der Waals surface area contributed by atoms with Gasteiger partial charge in [-0.2, -0.15) is 0 Å². The molecule has 0 saturated heterocycles. The maximum atomic E-state index is 10.6. The zero-order valence-corrected chi connectivity index (χ0v) is 17.6. The molecule has 2 aromatic heterocycles. The van der Waals surface area contributed by atoms with E-state index in [1.807, 2.05) is 17.2 Å². The molecule has 7 heteroatoms. The Kier molecular flexibility index (Phi) is 4.87. The van der Waals surface area contributed by atoms with Crippen molar-refractivity contribution in [3.63, 3.8) is 0 Å². The molecule has 6 nitrogen and oxygen atoms in total. The summed E-state index contributed by atoms with van der Waals surface area (Å²) in [5.74, 6) is 0.640. The van der Waals surface area contributed by atoms with Crippen LogP contribution < -0.4 is 5.32 Å². The fourth-order valence-corrected chi connectivity index (χ4v) is 5.38. The molecular weight excluding hydrogens is 382 g/mol. The van der Waals surface area contributed by atoms with E-state index in [1.165, 1.54) is 32.1 Å². The molecule has 3 aromatic rings. The molecule has 152 valence electrons. The Bertz CT molecular complexity index is 1000. The Labute approximate surface area is 175 Å². The normalized spacial score (nSPS) is 19.1. The van der Waals surface area contributed by atoms with Gasteiger partial charge in [-0.1, -0.05) is 25.3 Å². The second-order valence-corrected chi connectivity index (χ2v) is 9.50. The summed E-state index contributed by atoms with van der Waals surface area (Å²) < 4.78 is 2.02. The lowest BCUT2D eigenvalue weighted by Gasteiger charge is -2.34. The van der Waals surface area contributed by atoms with E-state index in [2.05, 4.69) is 45.5 Å². The molecule has 2 N–H and O–H groups in total. The van der Waals surface area contributed by atoms with Gasteiger partial charge in [0.05, 0.1) is 10.9 Å². The minimum atomic E-state index is -0.705. The number of hydrogen-bond acceptors (Lipinski definition) is 6. The second kappa shape index (κ2) is 7.54. The largest absolute Gasteiger partial charge is 0.383 e. The number of thiazole rings is 1. The molecule has 2 aliphatic carbocycles. The molecule has 2 aliphatic rings. The van der Waals surface area contributed by atoms with Crippen molar-refractivity contribution in [2.24, 2.45) is 0 Å². The lowest BCUT2D eigenvalue weighted by Crippen LogP contribution is -2.33. The monoisotopic (exact) mass is 409 g/mol. The summed E-state index contributed by atoms with van der Waals surface area (Å²) in [5, 5.41) is 19.4. The average molecular weight is 410 g/mol. The van der Waals surface area contributed by atoms with Gasteiger partial charge < -0.3 is 10.4 Å². The van der Waals surface area contributed by atoms with Gasteiger partial charge in [-0.05, 0) is 62.3 Å². The third-order valence-electron chi connectivity index (χ3n) is 6.16. The number of aryl methyl sites for hydroxylation is 1. The van der Waals surface area contributed by atoms with Gasteiger partial charge in [0.1, 0.15) is 16.9 Å². The summed E-state index contributed by atoms with van der Waals surface area (Å²) in [7, 11) is 0. The minimum Gasteiger partial charge on any atom is -0.383 e. The van der Waals surface area contributed by atoms with Crippen molar-refractivity contribution < 1.29 is 5.11 Å². The third-order valence-corrected chi connectivity index (χ3v) is 7.40. The molecule has 29 heavy (non-hydrogen) atoms. The molecule has 0 spiro atoms. The smallest absolute Gasteiger partial charge is 0.246 e. The molecule has 2 fully saturated rings. The van der Waals surface area contributed by atoms with E-state index in [-0.39, 0.29) is 0 Å². The van der Waals surface area contributed by atoms with Crippen LogP contribution in [0.25, 0.3) is 10.4 Å². The number of nitrogens with one attached hydrogen (secondary N) is 1. The molecule has 1 aromatic carbocycles. The molecule has 0 amide bonds. The highest BCUT2D eigenvalue weighted by atomic mass is 32.1. The molecule has 2 heterocycles. The van der Waals surface area contributed by atoms with E-state index >= 15 is 0 Å². The summed E-state index contributed by atoms with van der Waals surface area (Å²) in [6.07, 6.45) is 12.7. The van der Waals surface area contributed by atoms with Crippen molar-refractivity contribution in [1.82, 2.24) is 19.7 Å². The van der Waals surface area contributed by atoms with E-state index in [9.17, 15) is 5.11 Å². The number of aromatic nitrogens is 4. The van der Waals surface area contributed by atoms with Gasteiger partial charge in [-0.3, -0.25) is 0 Å². The zero-order valence-electron chi connectivity index (χ0n) is 16.8. The van der Waals surface area contributed by atoms with Crippen molar-refractivity contribution in [3.05, 3.63) is 41.3 Å². The molecular formula is C22H27N5OS. The van der Waals surface area contributed by atoms with E-state index < -0.39 is 5.60 Å². The summed E-state index contributed by atoms with van der Waals surface area (Å²) in [6.45, 7) is 2.09. The zero-order chi connectivity index (χ0) is 19.8. The molecule has 0 unspecified atom stereocenters. The highest BCUT2D eigenvalue weighted by Gasteiger charge is 2.39. The minimum absolute atomic E-state index is 0.479. The molecule has 0 aliphatic heterocycles. The van der Waals surface area contributed by atoms with Gasteiger partial charge in [0.2, 0.25) is 5.95 Å². The van der Waals surface area contributed by atoms with E-state index in [4.69, 9.17) is 0 Å². The van der Waals surface area contributed by atoms with Crippen molar-refractivity contribution >= 4 is 23.0 Å². The van der Waals surface area contributed by atoms with Crippen molar-refractivity contribution in [1.29, 1.82) is 0 Å². The number of benzene rings is 1.